The number of carbonyl (C=O) groups is 2. The van der Waals surface area contributed by atoms with Gasteiger partial charge in [-0.15, -0.1) is 0 Å². The lowest BCUT2D eigenvalue weighted by Gasteiger charge is -2.17. The van der Waals surface area contributed by atoms with Crippen molar-refractivity contribution in [3.05, 3.63) is 44.0 Å². The smallest absolute Gasteiger partial charge is 0.462 e. The van der Waals surface area contributed by atoms with Crippen molar-refractivity contribution >= 4 is 12.3 Å². The van der Waals surface area contributed by atoms with E-state index in [9.17, 15) is 24.0 Å². The van der Waals surface area contributed by atoms with Crippen molar-refractivity contribution in [1.82, 2.24) is 13.7 Å². The van der Waals surface area contributed by atoms with Gasteiger partial charge >= 0.3 is 29.4 Å². The lowest BCUT2D eigenvalue weighted by molar-refractivity contribution is 0.109. The minimum Gasteiger partial charge on any atom is -0.462 e. The average molecular weight is 427 g/mol. The highest BCUT2D eigenvalue weighted by molar-refractivity contribution is 5.62. The lowest BCUT2D eigenvalue weighted by atomic mass is 10.3. The molecule has 0 aromatic carbocycles. The van der Waals surface area contributed by atoms with E-state index in [0.29, 0.717) is 0 Å². The van der Waals surface area contributed by atoms with E-state index in [1.165, 1.54) is 0 Å². The third kappa shape index (κ3) is 3.75. The minimum atomic E-state index is -0.958. The molecule has 0 radical (unpaired) electrons. The summed E-state index contributed by atoms with van der Waals surface area (Å²) in [5.41, 5.74) is -2.81. The van der Waals surface area contributed by atoms with Gasteiger partial charge in [-0.05, 0) is 6.58 Å². The van der Waals surface area contributed by atoms with Crippen LogP contribution in [0.3, 0.4) is 0 Å². The predicted octanol–water partition coefficient (Wildman–Crippen LogP) is -1.87. The van der Waals surface area contributed by atoms with Crippen molar-refractivity contribution in [2.45, 2.75) is 37.9 Å². The Labute approximate surface area is 166 Å². The summed E-state index contributed by atoms with van der Waals surface area (Å²) < 4.78 is 31.7. The molecule has 0 bridgehead atoms. The summed E-state index contributed by atoms with van der Waals surface area (Å²) in [6.45, 7) is 2.36. The monoisotopic (exact) mass is 427 g/mol. The molecule has 0 amide bonds. The van der Waals surface area contributed by atoms with Gasteiger partial charge in [0, 0.05) is 0 Å². The fourth-order valence-corrected chi connectivity index (χ4v) is 3.20. The Morgan fingerprint density at radius 1 is 0.633 bits per heavy atom. The first kappa shape index (κ1) is 19.6. The number of cyclic esters (lactones) is 4. The van der Waals surface area contributed by atoms with Crippen LogP contribution in [0.25, 0.3) is 0 Å². The van der Waals surface area contributed by atoms with E-state index in [4.69, 9.17) is 18.9 Å². The van der Waals surface area contributed by atoms with Crippen molar-refractivity contribution in [1.29, 1.82) is 0 Å². The molecule has 1 aromatic heterocycles. The zero-order valence-electron chi connectivity index (χ0n) is 15.5. The number of ether oxygens (including phenoxy) is 6. The van der Waals surface area contributed by atoms with E-state index in [1.54, 1.807) is 0 Å². The summed E-state index contributed by atoms with van der Waals surface area (Å²) in [6, 6.07) is 0. The van der Waals surface area contributed by atoms with Gasteiger partial charge in [0.1, 0.15) is 19.8 Å². The van der Waals surface area contributed by atoms with E-state index < -0.39 is 47.7 Å². The van der Waals surface area contributed by atoms with Gasteiger partial charge in [0.2, 0.25) is 0 Å². The highest BCUT2D eigenvalue weighted by atomic mass is 16.8. The molecule has 0 aliphatic carbocycles. The summed E-state index contributed by atoms with van der Waals surface area (Å²) in [7, 11) is 0. The topological polar surface area (TPSA) is 156 Å². The van der Waals surface area contributed by atoms with E-state index in [2.05, 4.69) is 16.1 Å². The predicted molar refractivity (Wildman–Crippen MR) is 91.6 cm³/mol. The molecular formula is C16H17N3O11. The number of rotatable bonds is 6. The number of nitrogens with zero attached hydrogens (tertiary/aromatic N) is 3. The molecular weight excluding hydrogens is 410 g/mol. The molecule has 3 aliphatic heterocycles. The van der Waals surface area contributed by atoms with Crippen LogP contribution in [0.1, 0.15) is 0 Å². The Bertz CT molecular complexity index is 904. The highest BCUT2D eigenvalue weighted by Gasteiger charge is 2.31. The second-order valence-electron chi connectivity index (χ2n) is 6.70. The van der Waals surface area contributed by atoms with Crippen molar-refractivity contribution < 1.29 is 38.0 Å². The van der Waals surface area contributed by atoms with E-state index in [-0.39, 0.29) is 45.4 Å². The maximum Gasteiger partial charge on any atom is 0.508 e. The quantitative estimate of drug-likeness (QED) is 0.469. The van der Waals surface area contributed by atoms with Crippen molar-refractivity contribution in [3.8, 4) is 0 Å². The summed E-state index contributed by atoms with van der Waals surface area (Å²) >= 11 is 0. The fraction of sp³-hybridized carbons (Fsp3) is 0.562. The zero-order chi connectivity index (χ0) is 21.4. The molecule has 162 valence electrons. The molecule has 4 heterocycles. The maximum absolute atomic E-state index is 12.9. The van der Waals surface area contributed by atoms with Crippen molar-refractivity contribution in [2.24, 2.45) is 0 Å². The van der Waals surface area contributed by atoms with Crippen LogP contribution >= 0.6 is 0 Å². The standard InChI is InChI=1S/C16H17N3O11/c1-8-25-5-9(28-8)2-17-12(20)18(3-10-6-26-15(23)29-10)14(22)19(13(17)21)4-11-7-27-16(24)30-11/h9-11H,1-7H2. The average Bonchev–Trinajstić information content (AvgIpc) is 3.42. The van der Waals surface area contributed by atoms with Crippen LogP contribution in [0.2, 0.25) is 0 Å². The van der Waals surface area contributed by atoms with Crippen LogP contribution in [0.4, 0.5) is 9.59 Å². The van der Waals surface area contributed by atoms with Gasteiger partial charge in [-0.3, -0.25) is 0 Å². The SMILES string of the molecule is C=C1OCC(Cn2c(=O)n(CC3COC(=O)O3)c(=O)n(CC3COC(=O)O3)c2=O)O1. The Morgan fingerprint density at radius 3 is 1.30 bits per heavy atom. The fourth-order valence-electron chi connectivity index (χ4n) is 3.20. The molecule has 0 spiro atoms. The van der Waals surface area contributed by atoms with Crippen LogP contribution < -0.4 is 17.1 Å². The summed E-state index contributed by atoms with van der Waals surface area (Å²) in [4.78, 5) is 61.0. The summed E-state index contributed by atoms with van der Waals surface area (Å²) in [6.07, 6.45) is -4.30. The van der Waals surface area contributed by atoms with Crippen molar-refractivity contribution in [2.75, 3.05) is 19.8 Å². The molecule has 3 unspecified atom stereocenters. The lowest BCUT2D eigenvalue weighted by Crippen LogP contribution is -2.57. The highest BCUT2D eigenvalue weighted by Crippen LogP contribution is 2.13. The summed E-state index contributed by atoms with van der Waals surface area (Å²) in [5, 5.41) is 0. The second kappa shape index (κ2) is 7.61. The molecule has 14 heteroatoms. The number of hydrogen-bond donors (Lipinski definition) is 0. The maximum atomic E-state index is 12.9. The molecule has 30 heavy (non-hydrogen) atoms. The number of aromatic nitrogens is 3. The first-order valence-corrected chi connectivity index (χ1v) is 8.91. The Balaban J connectivity index is 1.71. The van der Waals surface area contributed by atoms with Gasteiger partial charge in [-0.25, -0.2) is 37.7 Å². The van der Waals surface area contributed by atoms with Gasteiger partial charge in [0.05, 0.1) is 19.6 Å². The molecule has 4 rings (SSSR count). The van der Waals surface area contributed by atoms with Gasteiger partial charge in [-0.1, -0.05) is 0 Å². The van der Waals surface area contributed by atoms with Crippen LogP contribution in [-0.4, -0.2) is 64.1 Å². The third-order valence-electron chi connectivity index (χ3n) is 4.57. The van der Waals surface area contributed by atoms with Crippen LogP contribution in [0.5, 0.6) is 0 Å². The van der Waals surface area contributed by atoms with E-state index in [0.717, 1.165) is 13.7 Å². The zero-order valence-corrected chi connectivity index (χ0v) is 15.5. The molecule has 3 saturated heterocycles. The first-order chi connectivity index (χ1) is 14.3. The minimum absolute atomic E-state index is 0.0479. The van der Waals surface area contributed by atoms with Gasteiger partial charge < -0.3 is 28.4 Å². The van der Waals surface area contributed by atoms with Crippen LogP contribution in [0.15, 0.2) is 26.9 Å². The van der Waals surface area contributed by atoms with Crippen LogP contribution in [0, 0.1) is 0 Å². The van der Waals surface area contributed by atoms with Gasteiger partial charge in [-0.2, -0.15) is 0 Å². The normalized spacial score (nSPS) is 25.2. The van der Waals surface area contributed by atoms with Crippen LogP contribution in [-0.2, 0) is 48.1 Å². The summed E-state index contributed by atoms with van der Waals surface area (Å²) in [5.74, 6) is 0.0479. The second-order valence-corrected chi connectivity index (χ2v) is 6.70. The van der Waals surface area contributed by atoms with Crippen molar-refractivity contribution in [3.63, 3.8) is 0 Å². The molecule has 3 atom stereocenters. The molecule has 3 fully saturated rings. The van der Waals surface area contributed by atoms with Gasteiger partial charge in [0.25, 0.3) is 5.95 Å². The Morgan fingerprint density at radius 2 is 1.00 bits per heavy atom. The number of carbonyl (C=O) groups excluding carboxylic acids is 2. The third-order valence-corrected chi connectivity index (χ3v) is 4.57. The number of hydrogen-bond acceptors (Lipinski definition) is 11. The first-order valence-electron chi connectivity index (χ1n) is 8.91. The molecule has 0 N–H and O–H groups in total. The van der Waals surface area contributed by atoms with E-state index >= 15 is 0 Å². The van der Waals surface area contributed by atoms with Gasteiger partial charge in [0.15, 0.2) is 18.3 Å². The Kier molecular flexibility index (Phi) is 4.97. The molecule has 0 saturated carbocycles. The molecule has 3 aliphatic rings. The Hall–Kier alpha value is -3.71. The molecule has 14 nitrogen and oxygen atoms in total. The van der Waals surface area contributed by atoms with E-state index in [1.807, 2.05) is 0 Å². The largest absolute Gasteiger partial charge is 0.508 e. The molecule has 1 aromatic rings.